The fourth-order valence-corrected chi connectivity index (χ4v) is 4.09. The van der Waals surface area contributed by atoms with Crippen molar-refractivity contribution in [2.24, 2.45) is 11.3 Å². The van der Waals surface area contributed by atoms with Gasteiger partial charge in [0.15, 0.2) is 11.6 Å². The topological polar surface area (TPSA) is 55.8 Å². The summed E-state index contributed by atoms with van der Waals surface area (Å²) in [6, 6.07) is 11.4. The number of hydrogen-bond donors (Lipinski definition) is 1. The zero-order valence-electron chi connectivity index (χ0n) is 23.0. The zero-order valence-corrected chi connectivity index (χ0v) is 23.0. The Labute approximate surface area is 221 Å². The van der Waals surface area contributed by atoms with Crippen LogP contribution in [0, 0.1) is 23.0 Å². The molecule has 2 aromatic carbocycles. The smallest absolute Gasteiger partial charge is 0.311 e. The van der Waals surface area contributed by atoms with Crippen molar-refractivity contribution in [3.8, 4) is 5.75 Å². The van der Waals surface area contributed by atoms with E-state index in [0.29, 0.717) is 30.4 Å². The maximum atomic E-state index is 14.9. The van der Waals surface area contributed by atoms with Crippen LogP contribution in [0.2, 0.25) is 0 Å². The van der Waals surface area contributed by atoms with E-state index in [1.165, 1.54) is 5.56 Å². The number of benzene rings is 2. The number of esters is 1. The van der Waals surface area contributed by atoms with Crippen molar-refractivity contribution < 1.29 is 28.2 Å². The molecule has 0 radical (unpaired) electrons. The summed E-state index contributed by atoms with van der Waals surface area (Å²) in [4.78, 5) is 12.0. The van der Waals surface area contributed by atoms with Gasteiger partial charge < -0.3 is 14.6 Å². The van der Waals surface area contributed by atoms with Crippen LogP contribution in [0.3, 0.4) is 0 Å². The minimum atomic E-state index is -0.814. The van der Waals surface area contributed by atoms with Crippen LogP contribution in [0.1, 0.15) is 82.9 Å². The number of aryl methyl sites for hydroxylation is 2. The molecule has 37 heavy (non-hydrogen) atoms. The molecule has 1 atom stereocenters. The molecule has 2 rings (SSSR count). The van der Waals surface area contributed by atoms with Gasteiger partial charge in [-0.05, 0) is 107 Å². The van der Waals surface area contributed by atoms with Crippen LogP contribution in [0.15, 0.2) is 36.4 Å². The van der Waals surface area contributed by atoms with Crippen molar-refractivity contribution in [3.63, 3.8) is 0 Å². The Morgan fingerprint density at radius 3 is 2.19 bits per heavy atom. The number of halogens is 2. The molecule has 0 spiro atoms. The maximum absolute atomic E-state index is 14.9. The van der Waals surface area contributed by atoms with E-state index in [9.17, 15) is 18.7 Å². The number of unbranched alkanes of at least 4 members (excludes halogenated alkanes) is 2. The molecule has 0 aromatic heterocycles. The molecule has 0 heterocycles. The van der Waals surface area contributed by atoms with Crippen molar-refractivity contribution >= 4 is 5.97 Å². The molecule has 1 N–H and O–H groups in total. The predicted molar refractivity (Wildman–Crippen MR) is 144 cm³/mol. The first kappa shape index (κ1) is 30.8. The lowest BCUT2D eigenvalue weighted by Gasteiger charge is -2.20. The van der Waals surface area contributed by atoms with Crippen molar-refractivity contribution in [1.29, 1.82) is 0 Å². The summed E-state index contributed by atoms with van der Waals surface area (Å²) < 4.78 is 40.7. The second-order valence-electron chi connectivity index (χ2n) is 10.8. The average molecular weight is 519 g/mol. The Kier molecular flexibility index (Phi) is 13.1. The molecular weight excluding hydrogens is 474 g/mol. The number of carbonyl (C=O) groups excluding carboxylic acids is 1. The first-order valence-corrected chi connectivity index (χ1v) is 13.6. The summed E-state index contributed by atoms with van der Waals surface area (Å²) in [7, 11) is 0. The zero-order chi connectivity index (χ0) is 27.3. The number of aliphatic hydroxyl groups excluding tert-OH is 1. The van der Waals surface area contributed by atoms with Gasteiger partial charge in [-0.25, -0.2) is 8.78 Å². The van der Waals surface area contributed by atoms with Crippen LogP contribution in [-0.4, -0.2) is 30.9 Å². The van der Waals surface area contributed by atoms with Gasteiger partial charge in [-0.1, -0.05) is 37.6 Å². The molecular formula is C31H44F2O4. The highest BCUT2D eigenvalue weighted by atomic mass is 19.2. The van der Waals surface area contributed by atoms with Gasteiger partial charge in [0, 0.05) is 6.61 Å². The Balaban J connectivity index is 1.84. The third-order valence-electron chi connectivity index (χ3n) is 6.51. The summed E-state index contributed by atoms with van der Waals surface area (Å²) in [6.07, 6.45) is 6.34. The minimum absolute atomic E-state index is 0.0608. The van der Waals surface area contributed by atoms with E-state index in [0.717, 1.165) is 44.5 Å². The first-order chi connectivity index (χ1) is 17.7. The van der Waals surface area contributed by atoms with Crippen molar-refractivity contribution in [2.45, 2.75) is 85.5 Å². The second kappa shape index (κ2) is 15.7. The summed E-state index contributed by atoms with van der Waals surface area (Å²) in [5.74, 6) is -1.13. The highest BCUT2D eigenvalue weighted by Crippen LogP contribution is 2.24. The molecule has 0 saturated carbocycles. The molecule has 0 bridgehead atoms. The predicted octanol–water partition coefficient (Wildman–Crippen LogP) is 7.23. The van der Waals surface area contributed by atoms with Gasteiger partial charge in [-0.2, -0.15) is 0 Å². The Hall–Kier alpha value is -2.47. The molecule has 0 aliphatic heterocycles. The van der Waals surface area contributed by atoms with Crippen molar-refractivity contribution in [1.82, 2.24) is 0 Å². The summed E-state index contributed by atoms with van der Waals surface area (Å²) in [5.41, 5.74) is 1.29. The van der Waals surface area contributed by atoms with Crippen molar-refractivity contribution in [2.75, 3.05) is 19.8 Å². The lowest BCUT2D eigenvalue weighted by atomic mass is 9.92. The largest absolute Gasteiger partial charge is 0.494 e. The molecule has 4 nitrogen and oxygen atoms in total. The average Bonchev–Trinajstić information content (AvgIpc) is 2.86. The summed E-state index contributed by atoms with van der Waals surface area (Å²) in [5, 5.41) is 9.40. The molecule has 2 aromatic rings. The third-order valence-corrected chi connectivity index (χ3v) is 6.51. The third kappa shape index (κ3) is 10.8. The number of hydrogen-bond acceptors (Lipinski definition) is 4. The van der Waals surface area contributed by atoms with Crippen LogP contribution < -0.4 is 4.74 Å². The number of rotatable bonds is 16. The highest BCUT2D eigenvalue weighted by molar-refractivity contribution is 5.75. The van der Waals surface area contributed by atoms with E-state index in [1.807, 2.05) is 12.1 Å². The number of carbonyl (C=O) groups is 1. The first-order valence-electron chi connectivity index (χ1n) is 13.6. The standard InChI is InChI=1S/C31H44F2O4/c1-5-6-20-36-27-15-11-23(12-16-27)9-7-8-10-25-13-14-26(29(33)28(25)32)22-24(17-19-34)18-21-37-30(35)31(2,3)4/h11-16,24,34H,5-10,17-22H2,1-4H3. The lowest BCUT2D eigenvalue weighted by Crippen LogP contribution is -2.24. The van der Waals surface area contributed by atoms with E-state index < -0.39 is 17.0 Å². The van der Waals surface area contributed by atoms with Gasteiger partial charge in [-0.15, -0.1) is 0 Å². The van der Waals surface area contributed by atoms with E-state index in [4.69, 9.17) is 9.47 Å². The Morgan fingerprint density at radius 1 is 0.892 bits per heavy atom. The van der Waals surface area contributed by atoms with E-state index >= 15 is 0 Å². The normalized spacial score (nSPS) is 12.4. The molecule has 0 amide bonds. The van der Waals surface area contributed by atoms with Crippen LogP contribution >= 0.6 is 0 Å². The minimum Gasteiger partial charge on any atom is -0.494 e. The second-order valence-corrected chi connectivity index (χ2v) is 10.8. The molecule has 1 unspecified atom stereocenters. The monoisotopic (exact) mass is 518 g/mol. The quantitative estimate of drug-likeness (QED) is 0.188. The lowest BCUT2D eigenvalue weighted by molar-refractivity contribution is -0.153. The van der Waals surface area contributed by atoms with Crippen LogP contribution in [0.5, 0.6) is 5.75 Å². The van der Waals surface area contributed by atoms with E-state index in [1.54, 1.807) is 32.9 Å². The van der Waals surface area contributed by atoms with Gasteiger partial charge in [0.1, 0.15) is 5.75 Å². The van der Waals surface area contributed by atoms with Gasteiger partial charge in [0.25, 0.3) is 0 Å². The van der Waals surface area contributed by atoms with Crippen LogP contribution in [0.25, 0.3) is 0 Å². The molecule has 0 aliphatic carbocycles. The van der Waals surface area contributed by atoms with E-state index in [-0.39, 0.29) is 31.5 Å². The van der Waals surface area contributed by atoms with Gasteiger partial charge >= 0.3 is 5.97 Å². The van der Waals surface area contributed by atoms with Gasteiger partial charge in [-0.3, -0.25) is 4.79 Å². The van der Waals surface area contributed by atoms with Gasteiger partial charge in [0.05, 0.1) is 18.6 Å². The molecule has 0 aliphatic rings. The highest BCUT2D eigenvalue weighted by Gasteiger charge is 2.23. The summed E-state index contributed by atoms with van der Waals surface area (Å²) >= 11 is 0. The van der Waals surface area contributed by atoms with Crippen LogP contribution in [-0.2, 0) is 28.8 Å². The van der Waals surface area contributed by atoms with Crippen molar-refractivity contribution in [3.05, 3.63) is 64.7 Å². The number of ether oxygens (including phenoxy) is 2. The Bertz CT molecular complexity index is 951. The van der Waals surface area contributed by atoms with E-state index in [2.05, 4.69) is 19.1 Å². The van der Waals surface area contributed by atoms with Crippen LogP contribution in [0.4, 0.5) is 8.78 Å². The fourth-order valence-electron chi connectivity index (χ4n) is 4.09. The Morgan fingerprint density at radius 2 is 1.54 bits per heavy atom. The molecule has 6 heteroatoms. The molecule has 206 valence electrons. The summed E-state index contributed by atoms with van der Waals surface area (Å²) in [6.45, 7) is 8.33. The fraction of sp³-hybridized carbons (Fsp3) is 0.581. The molecule has 0 fully saturated rings. The number of aliphatic hydroxyl groups is 1. The maximum Gasteiger partial charge on any atom is 0.311 e. The van der Waals surface area contributed by atoms with Gasteiger partial charge in [0.2, 0.25) is 0 Å². The SMILES string of the molecule is CCCCOc1ccc(CCCCc2ccc(CC(CCO)CCOC(=O)C(C)(C)C)c(F)c2F)cc1. The molecule has 0 saturated heterocycles.